The number of benzene rings is 1. The molecule has 90 valence electrons. The summed E-state index contributed by atoms with van der Waals surface area (Å²) in [6.45, 7) is 1.94. The summed E-state index contributed by atoms with van der Waals surface area (Å²) < 4.78 is 0. The molecule has 0 radical (unpaired) electrons. The van der Waals surface area contributed by atoms with E-state index >= 15 is 0 Å². The Morgan fingerprint density at radius 2 is 2.00 bits per heavy atom. The van der Waals surface area contributed by atoms with E-state index in [1.807, 2.05) is 31.3 Å². The first-order valence-corrected chi connectivity index (χ1v) is 6.78. The highest BCUT2D eigenvalue weighted by Gasteiger charge is 2.10. The van der Waals surface area contributed by atoms with Gasteiger partial charge in [-0.25, -0.2) is 4.98 Å². The standard InChI is InChI=1S/C12H12Cl2N2S/c1-7(15)11-6-16-12(17-11)5-8-9(13)3-2-4-10(8)14/h2-4,6-7H,5,15H2,1H3. The van der Waals surface area contributed by atoms with Crippen molar-refractivity contribution >= 4 is 34.5 Å². The molecule has 1 aromatic carbocycles. The summed E-state index contributed by atoms with van der Waals surface area (Å²) in [5, 5.41) is 2.33. The molecule has 2 aromatic rings. The molecule has 17 heavy (non-hydrogen) atoms. The molecule has 1 atom stereocenters. The van der Waals surface area contributed by atoms with Gasteiger partial charge in [0.05, 0.1) is 5.01 Å². The Balaban J connectivity index is 2.25. The Morgan fingerprint density at radius 1 is 1.35 bits per heavy atom. The van der Waals surface area contributed by atoms with Gasteiger partial charge in [0.25, 0.3) is 0 Å². The molecule has 1 heterocycles. The zero-order valence-electron chi connectivity index (χ0n) is 9.28. The zero-order valence-corrected chi connectivity index (χ0v) is 11.6. The number of nitrogens with two attached hydrogens (primary N) is 1. The van der Waals surface area contributed by atoms with E-state index < -0.39 is 0 Å². The summed E-state index contributed by atoms with van der Waals surface area (Å²) >= 11 is 13.8. The Hall–Kier alpha value is -0.610. The largest absolute Gasteiger partial charge is 0.323 e. The molecule has 0 bridgehead atoms. The summed E-state index contributed by atoms with van der Waals surface area (Å²) in [7, 11) is 0. The maximum Gasteiger partial charge on any atom is 0.0973 e. The van der Waals surface area contributed by atoms with Crippen LogP contribution in [0.4, 0.5) is 0 Å². The summed E-state index contributed by atoms with van der Waals surface area (Å²) in [6, 6.07) is 5.53. The van der Waals surface area contributed by atoms with Gasteiger partial charge in [0.1, 0.15) is 0 Å². The SMILES string of the molecule is CC(N)c1cnc(Cc2c(Cl)cccc2Cl)s1. The second-order valence-corrected chi connectivity index (χ2v) is 5.78. The van der Waals surface area contributed by atoms with Crippen LogP contribution in [0, 0.1) is 0 Å². The van der Waals surface area contributed by atoms with Crippen LogP contribution in [0.3, 0.4) is 0 Å². The van der Waals surface area contributed by atoms with E-state index in [0.29, 0.717) is 16.5 Å². The van der Waals surface area contributed by atoms with Crippen LogP contribution in [0.5, 0.6) is 0 Å². The third-order valence-corrected chi connectivity index (χ3v) is 4.32. The molecule has 2 nitrogen and oxygen atoms in total. The van der Waals surface area contributed by atoms with Crippen molar-refractivity contribution in [2.75, 3.05) is 0 Å². The molecule has 1 aromatic heterocycles. The van der Waals surface area contributed by atoms with Crippen LogP contribution in [0.15, 0.2) is 24.4 Å². The van der Waals surface area contributed by atoms with E-state index in [9.17, 15) is 0 Å². The van der Waals surface area contributed by atoms with Crippen LogP contribution in [0.2, 0.25) is 10.0 Å². The van der Waals surface area contributed by atoms with Crippen molar-refractivity contribution in [1.82, 2.24) is 4.98 Å². The van der Waals surface area contributed by atoms with E-state index in [-0.39, 0.29) is 6.04 Å². The lowest BCUT2D eigenvalue weighted by molar-refractivity contribution is 0.835. The molecule has 1 unspecified atom stereocenters. The van der Waals surface area contributed by atoms with E-state index in [1.54, 1.807) is 11.3 Å². The van der Waals surface area contributed by atoms with Crippen LogP contribution in [-0.2, 0) is 6.42 Å². The Bertz CT molecular complexity index is 503. The van der Waals surface area contributed by atoms with Gasteiger partial charge in [-0.3, -0.25) is 0 Å². The van der Waals surface area contributed by atoms with Gasteiger partial charge in [0.15, 0.2) is 0 Å². The van der Waals surface area contributed by atoms with E-state index in [4.69, 9.17) is 28.9 Å². The molecule has 5 heteroatoms. The molecule has 2 rings (SSSR count). The number of hydrogen-bond donors (Lipinski definition) is 1. The van der Waals surface area contributed by atoms with Gasteiger partial charge < -0.3 is 5.73 Å². The van der Waals surface area contributed by atoms with E-state index in [0.717, 1.165) is 15.4 Å². The minimum atomic E-state index is 0.0166. The molecule has 0 fully saturated rings. The Labute approximate surface area is 114 Å². The number of rotatable bonds is 3. The first kappa shape index (κ1) is 12.8. The second kappa shape index (κ2) is 5.36. The highest BCUT2D eigenvalue weighted by molar-refractivity contribution is 7.11. The molecule has 0 amide bonds. The van der Waals surface area contributed by atoms with Crippen LogP contribution >= 0.6 is 34.5 Å². The number of thiazole rings is 1. The van der Waals surface area contributed by atoms with Gasteiger partial charge >= 0.3 is 0 Å². The highest BCUT2D eigenvalue weighted by Crippen LogP contribution is 2.29. The summed E-state index contributed by atoms with van der Waals surface area (Å²) in [6.07, 6.45) is 2.46. The maximum absolute atomic E-state index is 6.12. The summed E-state index contributed by atoms with van der Waals surface area (Å²) in [5.74, 6) is 0. The summed E-state index contributed by atoms with van der Waals surface area (Å²) in [5.41, 5.74) is 6.72. The molecule has 0 spiro atoms. The Morgan fingerprint density at radius 3 is 2.53 bits per heavy atom. The van der Waals surface area contributed by atoms with Gasteiger partial charge in [0.2, 0.25) is 0 Å². The second-order valence-electron chi connectivity index (χ2n) is 3.82. The minimum Gasteiger partial charge on any atom is -0.323 e. The quantitative estimate of drug-likeness (QED) is 0.924. The fourth-order valence-electron chi connectivity index (χ4n) is 1.47. The number of nitrogens with zero attached hydrogens (tertiary/aromatic N) is 1. The fraction of sp³-hybridized carbons (Fsp3) is 0.250. The van der Waals surface area contributed by atoms with Gasteiger partial charge in [-0.15, -0.1) is 11.3 Å². The summed E-state index contributed by atoms with van der Waals surface area (Å²) in [4.78, 5) is 5.41. The topological polar surface area (TPSA) is 38.9 Å². The van der Waals surface area contributed by atoms with Crippen molar-refractivity contribution in [1.29, 1.82) is 0 Å². The van der Waals surface area contributed by atoms with Gasteiger partial charge in [-0.1, -0.05) is 29.3 Å². The first-order valence-electron chi connectivity index (χ1n) is 5.21. The average Bonchev–Trinajstić information content (AvgIpc) is 2.72. The van der Waals surface area contributed by atoms with Gasteiger partial charge in [0, 0.05) is 33.6 Å². The predicted molar refractivity (Wildman–Crippen MR) is 74.0 cm³/mol. The third kappa shape index (κ3) is 2.99. The van der Waals surface area contributed by atoms with E-state index in [2.05, 4.69) is 4.98 Å². The highest BCUT2D eigenvalue weighted by atomic mass is 35.5. The van der Waals surface area contributed by atoms with Crippen LogP contribution in [0.1, 0.15) is 28.4 Å². The fourth-order valence-corrected chi connectivity index (χ4v) is 2.89. The molecular weight excluding hydrogens is 275 g/mol. The molecule has 0 aliphatic rings. The minimum absolute atomic E-state index is 0.0166. The molecule has 0 saturated carbocycles. The average molecular weight is 287 g/mol. The third-order valence-electron chi connectivity index (χ3n) is 2.41. The maximum atomic E-state index is 6.12. The van der Waals surface area contributed by atoms with Crippen molar-refractivity contribution in [3.05, 3.63) is 49.9 Å². The van der Waals surface area contributed by atoms with Crippen LogP contribution in [0.25, 0.3) is 0 Å². The predicted octanol–water partition coefficient (Wildman–Crippen LogP) is 4.06. The van der Waals surface area contributed by atoms with Gasteiger partial charge in [-0.2, -0.15) is 0 Å². The lowest BCUT2D eigenvalue weighted by atomic mass is 10.1. The van der Waals surface area contributed by atoms with Crippen LogP contribution < -0.4 is 5.73 Å². The normalized spacial score (nSPS) is 12.7. The van der Waals surface area contributed by atoms with E-state index in [1.165, 1.54) is 0 Å². The van der Waals surface area contributed by atoms with Crippen molar-refractivity contribution in [3.63, 3.8) is 0 Å². The van der Waals surface area contributed by atoms with Crippen molar-refractivity contribution < 1.29 is 0 Å². The lowest BCUT2D eigenvalue weighted by Crippen LogP contribution is -2.01. The van der Waals surface area contributed by atoms with Crippen LogP contribution in [-0.4, -0.2) is 4.98 Å². The zero-order chi connectivity index (χ0) is 12.4. The molecular formula is C12H12Cl2N2S. The number of aromatic nitrogens is 1. The molecule has 0 aliphatic heterocycles. The van der Waals surface area contributed by atoms with Crippen molar-refractivity contribution in [2.24, 2.45) is 5.73 Å². The van der Waals surface area contributed by atoms with Crippen molar-refractivity contribution in [3.8, 4) is 0 Å². The molecule has 2 N–H and O–H groups in total. The molecule has 0 saturated heterocycles. The number of halogens is 2. The smallest absolute Gasteiger partial charge is 0.0973 e. The first-order chi connectivity index (χ1) is 8.08. The Kier molecular flexibility index (Phi) is 4.05. The van der Waals surface area contributed by atoms with Gasteiger partial charge in [-0.05, 0) is 24.6 Å². The molecule has 0 aliphatic carbocycles. The lowest BCUT2D eigenvalue weighted by Gasteiger charge is -2.04. The number of hydrogen-bond acceptors (Lipinski definition) is 3. The van der Waals surface area contributed by atoms with Crippen molar-refractivity contribution in [2.45, 2.75) is 19.4 Å². The monoisotopic (exact) mass is 286 g/mol.